The zero-order valence-electron chi connectivity index (χ0n) is 13.8. The van der Waals surface area contributed by atoms with Gasteiger partial charge in [-0.3, -0.25) is 9.53 Å². The second kappa shape index (κ2) is 6.98. The molecule has 2 aromatic carbocycles. The Morgan fingerprint density at radius 1 is 1.21 bits per heavy atom. The van der Waals surface area contributed by atoms with Gasteiger partial charge in [0.25, 0.3) is 5.91 Å². The van der Waals surface area contributed by atoms with Crippen molar-refractivity contribution in [2.75, 3.05) is 24.1 Å². The fourth-order valence-electron chi connectivity index (χ4n) is 2.60. The molecule has 1 aliphatic heterocycles. The van der Waals surface area contributed by atoms with Gasteiger partial charge in [-0.25, -0.2) is 13.4 Å². The quantitative estimate of drug-likeness (QED) is 0.560. The number of rotatable bonds is 5. The lowest BCUT2D eigenvalue weighted by Crippen LogP contribution is -2.30. The van der Waals surface area contributed by atoms with Crippen molar-refractivity contribution in [1.29, 1.82) is 0 Å². The maximum atomic E-state index is 14.9. The monoisotopic (exact) mass is 424 g/mol. The van der Waals surface area contributed by atoms with Crippen molar-refractivity contribution in [1.82, 2.24) is 4.72 Å². The van der Waals surface area contributed by atoms with E-state index in [1.165, 1.54) is 12.1 Å². The second-order valence-electron chi connectivity index (χ2n) is 5.62. The highest BCUT2D eigenvalue weighted by atomic mass is 32.2. The van der Waals surface area contributed by atoms with Crippen molar-refractivity contribution in [2.45, 2.75) is 6.36 Å². The lowest BCUT2D eigenvalue weighted by Gasteiger charge is -2.18. The first-order valence-corrected chi connectivity index (χ1v) is 9.04. The maximum absolute atomic E-state index is 14.9. The van der Waals surface area contributed by atoms with E-state index in [-0.39, 0.29) is 16.5 Å². The van der Waals surface area contributed by atoms with E-state index >= 15 is 0 Å². The number of anilines is 1. The van der Waals surface area contributed by atoms with Crippen molar-refractivity contribution in [3.8, 4) is 11.5 Å². The molecule has 152 valence electrons. The van der Waals surface area contributed by atoms with Gasteiger partial charge < -0.3 is 9.84 Å². The lowest BCUT2D eigenvalue weighted by molar-refractivity contribution is -0.325. The Balaban J connectivity index is 1.92. The summed E-state index contributed by atoms with van der Waals surface area (Å²) in [5.41, 5.74) is -0.733. The molecule has 0 unspecified atom stereocenters. The predicted octanol–water partition coefficient (Wildman–Crippen LogP) is 1.78. The van der Waals surface area contributed by atoms with Crippen LogP contribution in [0.15, 0.2) is 24.3 Å². The third kappa shape index (κ3) is 4.04. The number of hydrogen-bond donors (Lipinski definition) is 2. The summed E-state index contributed by atoms with van der Waals surface area (Å²) in [6.07, 6.45) is -4.81. The zero-order valence-corrected chi connectivity index (χ0v) is 14.6. The number of carbonyl (C=O) groups excluding carboxylic acids is 1. The predicted molar refractivity (Wildman–Crippen MR) is 87.5 cm³/mol. The molecule has 0 radical (unpaired) electrons. The minimum absolute atomic E-state index is 0.00713. The summed E-state index contributed by atoms with van der Waals surface area (Å²) in [5.74, 6) is -2.77. The fraction of sp³-hybridized carbons (Fsp3) is 0.267. The number of ether oxygens (including phenoxy) is 2. The van der Waals surface area contributed by atoms with Crippen molar-refractivity contribution in [2.24, 2.45) is 0 Å². The van der Waals surface area contributed by atoms with Gasteiger partial charge in [0.05, 0.1) is 6.61 Å². The number of benzene rings is 2. The first-order valence-electron chi connectivity index (χ1n) is 7.60. The van der Waals surface area contributed by atoms with Crippen LogP contribution < -0.4 is 13.8 Å². The smallest absolute Gasteiger partial charge is 0.506 e. The summed E-state index contributed by atoms with van der Waals surface area (Å²) in [6.45, 7) is -1.98. The summed E-state index contributed by atoms with van der Waals surface area (Å²) < 4.78 is 85.2. The van der Waals surface area contributed by atoms with E-state index in [2.05, 4.69) is 4.74 Å². The molecule has 0 atom stereocenters. The molecule has 1 saturated heterocycles. The Kier molecular flexibility index (Phi) is 4.97. The van der Waals surface area contributed by atoms with Crippen molar-refractivity contribution < 1.29 is 45.4 Å². The van der Waals surface area contributed by atoms with Crippen molar-refractivity contribution in [3.05, 3.63) is 30.1 Å². The number of amides is 1. The second-order valence-corrected chi connectivity index (χ2v) is 7.22. The minimum Gasteiger partial charge on any atom is -0.506 e. The number of phenolic OH excluding ortho intramolecular Hbond substituents is 1. The number of nitrogens with zero attached hydrogens (tertiary/aromatic N) is 1. The summed E-state index contributed by atoms with van der Waals surface area (Å²) in [4.78, 5) is 11.4. The van der Waals surface area contributed by atoms with Gasteiger partial charge in [-0.2, -0.15) is 8.42 Å². The van der Waals surface area contributed by atoms with Crippen LogP contribution in [0.5, 0.6) is 11.5 Å². The average molecular weight is 424 g/mol. The third-order valence-electron chi connectivity index (χ3n) is 3.69. The van der Waals surface area contributed by atoms with E-state index in [1.54, 1.807) is 4.72 Å². The number of phenols is 1. The summed E-state index contributed by atoms with van der Waals surface area (Å²) in [6, 6.07) is 4.86. The molecule has 0 aliphatic carbocycles. The molecule has 0 saturated carbocycles. The van der Waals surface area contributed by atoms with Gasteiger partial charge >= 0.3 is 16.6 Å². The molecular formula is C15H12F4N2O6S. The molecule has 1 heterocycles. The SMILES string of the molecule is O=C1CN(c2c(O)cc3ccc(OCCOC(F)(F)F)cc3c2F)S(=O)(=O)N1. The Morgan fingerprint density at radius 2 is 1.93 bits per heavy atom. The van der Waals surface area contributed by atoms with Gasteiger partial charge in [-0.1, -0.05) is 6.07 Å². The number of nitrogens with one attached hydrogen (secondary N) is 1. The average Bonchev–Trinajstić information content (AvgIpc) is 2.83. The van der Waals surface area contributed by atoms with Crippen molar-refractivity contribution in [3.63, 3.8) is 0 Å². The van der Waals surface area contributed by atoms with E-state index in [1.807, 2.05) is 0 Å². The Morgan fingerprint density at radius 3 is 2.54 bits per heavy atom. The fourth-order valence-corrected chi connectivity index (χ4v) is 3.76. The number of aromatic hydroxyl groups is 1. The van der Waals surface area contributed by atoms with Crippen LogP contribution in [0.4, 0.5) is 23.2 Å². The number of carbonyl (C=O) groups is 1. The first-order chi connectivity index (χ1) is 13.0. The highest BCUT2D eigenvalue weighted by Gasteiger charge is 2.37. The topological polar surface area (TPSA) is 105 Å². The molecule has 3 rings (SSSR count). The van der Waals surface area contributed by atoms with Gasteiger partial charge in [-0.05, 0) is 23.6 Å². The Hall–Kier alpha value is -2.80. The molecule has 2 aromatic rings. The third-order valence-corrected chi connectivity index (χ3v) is 5.07. The molecule has 1 fully saturated rings. The molecule has 28 heavy (non-hydrogen) atoms. The van der Waals surface area contributed by atoms with Gasteiger partial charge in [0.2, 0.25) is 0 Å². The number of halogens is 4. The number of alkyl halides is 3. The van der Waals surface area contributed by atoms with Crippen molar-refractivity contribution >= 4 is 32.6 Å². The normalized spacial score (nSPS) is 16.4. The molecule has 0 bridgehead atoms. The minimum atomic E-state index is -4.81. The van der Waals surface area contributed by atoms with Gasteiger partial charge in [0.15, 0.2) is 5.82 Å². The van der Waals surface area contributed by atoms with Crippen LogP contribution in [0.3, 0.4) is 0 Å². The molecular weight excluding hydrogens is 412 g/mol. The van der Waals surface area contributed by atoms with Crippen LogP contribution >= 0.6 is 0 Å². The van der Waals surface area contributed by atoms with Crippen LogP contribution in [-0.2, 0) is 19.7 Å². The molecule has 0 spiro atoms. The maximum Gasteiger partial charge on any atom is 0.522 e. The zero-order chi connectivity index (χ0) is 20.7. The van der Waals surface area contributed by atoms with Crippen LogP contribution in [0.2, 0.25) is 0 Å². The molecule has 0 aromatic heterocycles. The first kappa shape index (κ1) is 19.9. The summed E-state index contributed by atoms with van der Waals surface area (Å²) >= 11 is 0. The summed E-state index contributed by atoms with van der Waals surface area (Å²) in [5, 5.41) is 10.1. The van der Waals surface area contributed by atoms with Gasteiger partial charge in [0.1, 0.15) is 30.3 Å². The number of hydrogen-bond acceptors (Lipinski definition) is 6. The van der Waals surface area contributed by atoms with Crippen LogP contribution in [0.1, 0.15) is 0 Å². The molecule has 13 heteroatoms. The Bertz CT molecular complexity index is 1040. The molecule has 1 aliphatic rings. The van der Waals surface area contributed by atoms with E-state index in [0.29, 0.717) is 4.31 Å². The van der Waals surface area contributed by atoms with E-state index in [0.717, 1.165) is 12.1 Å². The standard InChI is InChI=1S/C15H12F4N2O6S/c16-13-10-6-9(26-3-4-27-15(17,18)19)2-1-8(10)5-11(22)14(13)21-7-12(23)20-28(21,24)25/h1-2,5-6,22H,3-4,7H2,(H,20,23). The van der Waals surface area contributed by atoms with Gasteiger partial charge in [-0.15, -0.1) is 13.2 Å². The highest BCUT2D eigenvalue weighted by molar-refractivity contribution is 7.92. The Labute approximate surface area is 155 Å². The van der Waals surface area contributed by atoms with E-state index < -0.39 is 59.5 Å². The lowest BCUT2D eigenvalue weighted by atomic mass is 10.1. The summed E-state index contributed by atoms with van der Waals surface area (Å²) in [7, 11) is -4.37. The van der Waals surface area contributed by atoms with E-state index in [9.17, 15) is 35.9 Å². The van der Waals surface area contributed by atoms with Gasteiger partial charge in [0, 0.05) is 5.39 Å². The van der Waals surface area contributed by atoms with E-state index in [4.69, 9.17) is 4.74 Å². The number of fused-ring (bicyclic) bond motifs is 1. The highest BCUT2D eigenvalue weighted by Crippen LogP contribution is 2.39. The van der Waals surface area contributed by atoms with Crippen LogP contribution in [0.25, 0.3) is 10.8 Å². The molecule has 8 nitrogen and oxygen atoms in total. The van der Waals surface area contributed by atoms with Crippen LogP contribution in [0, 0.1) is 5.82 Å². The van der Waals surface area contributed by atoms with Crippen LogP contribution in [-0.4, -0.2) is 45.6 Å². The largest absolute Gasteiger partial charge is 0.522 e. The molecule has 2 N–H and O–H groups in total. The molecule has 1 amide bonds.